The number of nitrogens with zero attached hydrogens (tertiary/aromatic N) is 1. The molecule has 1 atom stereocenters. The van der Waals surface area contributed by atoms with E-state index in [4.69, 9.17) is 6.42 Å². The first-order valence-electron chi connectivity index (χ1n) is 5.71. The lowest BCUT2D eigenvalue weighted by atomic mass is 10.1. The first kappa shape index (κ1) is 12.1. The Bertz CT molecular complexity index is 238. The van der Waals surface area contributed by atoms with Gasteiger partial charge in [-0.15, -0.1) is 12.3 Å². The summed E-state index contributed by atoms with van der Waals surface area (Å²) in [5.41, 5.74) is 0. The summed E-state index contributed by atoms with van der Waals surface area (Å²) in [6, 6.07) is -0.101. The minimum atomic E-state index is -0.101. The maximum atomic E-state index is 11.9. The zero-order chi connectivity index (χ0) is 11.1. The second-order valence-electron chi connectivity index (χ2n) is 4.02. The van der Waals surface area contributed by atoms with Crippen molar-refractivity contribution in [1.29, 1.82) is 0 Å². The predicted molar refractivity (Wildman–Crippen MR) is 61.3 cm³/mol. The molecule has 15 heavy (non-hydrogen) atoms. The van der Waals surface area contributed by atoms with Gasteiger partial charge < -0.3 is 10.2 Å². The average molecular weight is 208 g/mol. The molecule has 1 aliphatic heterocycles. The van der Waals surface area contributed by atoms with Gasteiger partial charge in [-0.3, -0.25) is 4.79 Å². The van der Waals surface area contributed by atoms with Crippen LogP contribution in [0.15, 0.2) is 0 Å². The molecule has 0 spiro atoms. The van der Waals surface area contributed by atoms with Crippen LogP contribution in [-0.4, -0.2) is 36.5 Å². The lowest BCUT2D eigenvalue weighted by Crippen LogP contribution is -2.46. The highest BCUT2D eigenvalue weighted by atomic mass is 16.2. The van der Waals surface area contributed by atoms with Crippen molar-refractivity contribution >= 4 is 5.91 Å². The van der Waals surface area contributed by atoms with Crippen molar-refractivity contribution in [3.8, 4) is 12.3 Å². The molecule has 84 valence electrons. The van der Waals surface area contributed by atoms with Crippen molar-refractivity contribution in [2.75, 3.05) is 19.6 Å². The highest BCUT2D eigenvalue weighted by molar-refractivity contribution is 5.81. The van der Waals surface area contributed by atoms with E-state index in [1.54, 1.807) is 0 Å². The van der Waals surface area contributed by atoms with Crippen LogP contribution in [0.25, 0.3) is 0 Å². The van der Waals surface area contributed by atoms with E-state index in [-0.39, 0.29) is 11.9 Å². The van der Waals surface area contributed by atoms with Gasteiger partial charge in [0.05, 0.1) is 6.04 Å². The van der Waals surface area contributed by atoms with Crippen LogP contribution in [0.4, 0.5) is 0 Å². The minimum Gasteiger partial charge on any atom is -0.341 e. The van der Waals surface area contributed by atoms with Crippen molar-refractivity contribution in [2.24, 2.45) is 0 Å². The summed E-state index contributed by atoms with van der Waals surface area (Å²) in [6.07, 6.45) is 9.36. The maximum absolute atomic E-state index is 11.9. The standard InChI is InChI=1S/C12H20N2O/c1-3-4-8-13-11(2)12(15)14-9-6-5-7-10-14/h1,11,13H,4-10H2,2H3. The fourth-order valence-electron chi connectivity index (χ4n) is 1.84. The van der Waals surface area contributed by atoms with Crippen LogP contribution in [0.2, 0.25) is 0 Å². The van der Waals surface area contributed by atoms with Gasteiger partial charge in [0.15, 0.2) is 0 Å². The third-order valence-corrected chi connectivity index (χ3v) is 2.76. The first-order valence-corrected chi connectivity index (χ1v) is 5.71. The number of likely N-dealkylation sites (tertiary alicyclic amines) is 1. The molecule has 0 bridgehead atoms. The van der Waals surface area contributed by atoms with Gasteiger partial charge >= 0.3 is 0 Å². The van der Waals surface area contributed by atoms with Gasteiger partial charge in [-0.1, -0.05) is 0 Å². The zero-order valence-electron chi connectivity index (χ0n) is 9.46. The van der Waals surface area contributed by atoms with E-state index < -0.39 is 0 Å². The summed E-state index contributed by atoms with van der Waals surface area (Å²) in [7, 11) is 0. The third-order valence-electron chi connectivity index (χ3n) is 2.76. The number of hydrogen-bond donors (Lipinski definition) is 1. The Morgan fingerprint density at radius 1 is 1.47 bits per heavy atom. The quantitative estimate of drug-likeness (QED) is 0.552. The van der Waals surface area contributed by atoms with E-state index in [9.17, 15) is 4.79 Å². The van der Waals surface area contributed by atoms with Crippen LogP contribution in [0.5, 0.6) is 0 Å². The van der Waals surface area contributed by atoms with Crippen LogP contribution in [0, 0.1) is 12.3 Å². The summed E-state index contributed by atoms with van der Waals surface area (Å²) < 4.78 is 0. The van der Waals surface area contributed by atoms with Gasteiger partial charge in [0.1, 0.15) is 0 Å². The van der Waals surface area contributed by atoms with Crippen molar-refractivity contribution in [3.63, 3.8) is 0 Å². The number of nitrogens with one attached hydrogen (secondary N) is 1. The zero-order valence-corrected chi connectivity index (χ0v) is 9.46. The number of piperidine rings is 1. The molecule has 0 aromatic rings. The number of carbonyl (C=O) groups is 1. The van der Waals surface area contributed by atoms with Crippen molar-refractivity contribution in [3.05, 3.63) is 0 Å². The van der Waals surface area contributed by atoms with E-state index in [0.29, 0.717) is 6.42 Å². The molecule has 3 heteroatoms. The molecule has 1 N–H and O–H groups in total. The third kappa shape index (κ3) is 3.93. The molecular weight excluding hydrogens is 188 g/mol. The van der Waals surface area contributed by atoms with E-state index in [1.807, 2.05) is 11.8 Å². The first-order chi connectivity index (χ1) is 7.25. The largest absolute Gasteiger partial charge is 0.341 e. The van der Waals surface area contributed by atoms with Crippen molar-refractivity contribution < 1.29 is 4.79 Å². The molecular formula is C12H20N2O. The molecule has 0 saturated carbocycles. The van der Waals surface area contributed by atoms with Crippen LogP contribution in [0.3, 0.4) is 0 Å². The number of terminal acetylenes is 1. The van der Waals surface area contributed by atoms with Gasteiger partial charge in [-0.25, -0.2) is 0 Å². The molecule has 1 rings (SSSR count). The fourth-order valence-corrected chi connectivity index (χ4v) is 1.84. The lowest BCUT2D eigenvalue weighted by Gasteiger charge is -2.29. The maximum Gasteiger partial charge on any atom is 0.239 e. The lowest BCUT2D eigenvalue weighted by molar-refractivity contribution is -0.133. The molecule has 0 aliphatic carbocycles. The van der Waals surface area contributed by atoms with Gasteiger partial charge in [-0.2, -0.15) is 0 Å². The summed E-state index contributed by atoms with van der Waals surface area (Å²) in [5, 5.41) is 3.15. The Morgan fingerprint density at radius 3 is 2.73 bits per heavy atom. The van der Waals surface area contributed by atoms with Crippen LogP contribution >= 0.6 is 0 Å². The smallest absolute Gasteiger partial charge is 0.239 e. The van der Waals surface area contributed by atoms with Crippen LogP contribution in [-0.2, 0) is 4.79 Å². The van der Waals surface area contributed by atoms with Crippen LogP contribution < -0.4 is 5.32 Å². The molecule has 0 aromatic heterocycles. The second-order valence-corrected chi connectivity index (χ2v) is 4.02. The summed E-state index contributed by atoms with van der Waals surface area (Å²) in [5.74, 6) is 2.77. The molecule has 1 saturated heterocycles. The molecule has 1 unspecified atom stereocenters. The van der Waals surface area contributed by atoms with E-state index in [1.165, 1.54) is 6.42 Å². The summed E-state index contributed by atoms with van der Waals surface area (Å²) in [4.78, 5) is 13.9. The SMILES string of the molecule is C#CCCNC(C)C(=O)N1CCCCC1. The topological polar surface area (TPSA) is 32.3 Å². The minimum absolute atomic E-state index is 0.101. The Labute approximate surface area is 92.2 Å². The van der Waals surface area contributed by atoms with Gasteiger partial charge in [0.2, 0.25) is 5.91 Å². The number of rotatable bonds is 4. The Hall–Kier alpha value is -1.01. The monoisotopic (exact) mass is 208 g/mol. The number of amides is 1. The molecule has 0 radical (unpaired) electrons. The Kier molecular flexibility index (Phi) is 5.20. The average Bonchev–Trinajstić information content (AvgIpc) is 2.29. The van der Waals surface area contributed by atoms with E-state index in [2.05, 4.69) is 11.2 Å². The normalized spacial score (nSPS) is 18.3. The second kappa shape index (κ2) is 6.47. The van der Waals surface area contributed by atoms with E-state index in [0.717, 1.165) is 32.5 Å². The molecule has 1 heterocycles. The van der Waals surface area contributed by atoms with Crippen molar-refractivity contribution in [1.82, 2.24) is 10.2 Å². The molecule has 0 aromatic carbocycles. The summed E-state index contributed by atoms with van der Waals surface area (Å²) in [6.45, 7) is 4.46. The highest BCUT2D eigenvalue weighted by Crippen LogP contribution is 2.09. The van der Waals surface area contributed by atoms with Crippen molar-refractivity contribution in [2.45, 2.75) is 38.6 Å². The van der Waals surface area contributed by atoms with Crippen LogP contribution in [0.1, 0.15) is 32.6 Å². The Morgan fingerprint density at radius 2 is 2.13 bits per heavy atom. The van der Waals surface area contributed by atoms with Gasteiger partial charge in [0.25, 0.3) is 0 Å². The fraction of sp³-hybridized carbons (Fsp3) is 0.750. The number of carbonyl (C=O) groups excluding carboxylic acids is 1. The molecule has 3 nitrogen and oxygen atoms in total. The molecule has 1 amide bonds. The highest BCUT2D eigenvalue weighted by Gasteiger charge is 2.21. The van der Waals surface area contributed by atoms with E-state index >= 15 is 0 Å². The van der Waals surface area contributed by atoms with Gasteiger partial charge in [-0.05, 0) is 26.2 Å². The molecule has 1 aliphatic rings. The Balaban J connectivity index is 2.28. The summed E-state index contributed by atoms with van der Waals surface area (Å²) >= 11 is 0. The predicted octanol–water partition coefficient (Wildman–Crippen LogP) is 1.00. The van der Waals surface area contributed by atoms with Gasteiger partial charge in [0, 0.05) is 26.1 Å². The molecule has 1 fully saturated rings. The number of hydrogen-bond acceptors (Lipinski definition) is 2.